The number of carbonyl (C=O) groups excluding carboxylic acids is 2. The number of nitrogens with zero attached hydrogens (tertiary/aromatic N) is 1. The van der Waals surface area contributed by atoms with Crippen LogP contribution in [-0.4, -0.2) is 18.0 Å². The number of nitrogens with one attached hydrogen (secondary N) is 2. The minimum Gasteiger partial charge on any atom is -0.489 e. The number of hydrogen-bond donors (Lipinski definition) is 2. The molecule has 0 aliphatic heterocycles. The van der Waals surface area contributed by atoms with E-state index >= 15 is 0 Å². The number of halogens is 1. The fourth-order valence-corrected chi connectivity index (χ4v) is 2.96. The lowest BCUT2D eigenvalue weighted by Crippen LogP contribution is -2.34. The molecule has 2 N–H and O–H groups in total. The number of para-hydroxylation sites is 1. The summed E-state index contributed by atoms with van der Waals surface area (Å²) in [7, 11) is 0. The largest absolute Gasteiger partial charge is 0.489 e. The number of benzene rings is 3. The van der Waals surface area contributed by atoms with Crippen LogP contribution >= 0.6 is 15.9 Å². The van der Waals surface area contributed by atoms with Crippen molar-refractivity contribution in [3.63, 3.8) is 0 Å². The number of carbonyl (C=O) groups is 2. The average Bonchev–Trinajstić information content (AvgIpc) is 2.80. The highest BCUT2D eigenvalue weighted by Gasteiger charge is 2.21. The van der Waals surface area contributed by atoms with Gasteiger partial charge in [0.2, 0.25) is 5.91 Å². The number of hydrogen-bond acceptors (Lipinski definition) is 4. The molecule has 0 aromatic heterocycles. The first-order valence-corrected chi connectivity index (χ1v) is 10.5. The zero-order valence-electron chi connectivity index (χ0n) is 16.9. The fourth-order valence-electron chi connectivity index (χ4n) is 2.58. The van der Waals surface area contributed by atoms with Crippen LogP contribution in [-0.2, 0) is 16.2 Å². The van der Waals surface area contributed by atoms with Crippen molar-refractivity contribution in [1.82, 2.24) is 5.43 Å². The van der Waals surface area contributed by atoms with Crippen LogP contribution in [0.15, 0.2) is 88.4 Å². The van der Waals surface area contributed by atoms with Crippen LogP contribution in [0.25, 0.3) is 0 Å². The maximum Gasteiger partial charge on any atom is 0.252 e. The first-order valence-electron chi connectivity index (χ1n) is 9.68. The summed E-state index contributed by atoms with van der Waals surface area (Å²) in [6.07, 6.45) is 1.51. The van der Waals surface area contributed by atoms with E-state index in [1.54, 1.807) is 12.1 Å². The SMILES string of the molecule is CC(C(=O)NN=Cc1ccc(OCc2ccccc2)cc1)C(=O)Nc1ccccc1Br. The normalized spacial score (nSPS) is 11.7. The third-order valence-electron chi connectivity index (χ3n) is 4.44. The van der Waals surface area contributed by atoms with Crippen LogP contribution in [0.4, 0.5) is 5.69 Å². The summed E-state index contributed by atoms with van der Waals surface area (Å²) in [5.41, 5.74) is 4.88. The van der Waals surface area contributed by atoms with Gasteiger partial charge in [0.05, 0.1) is 11.9 Å². The predicted molar refractivity (Wildman–Crippen MR) is 125 cm³/mol. The number of amides is 2. The molecule has 0 heterocycles. The summed E-state index contributed by atoms with van der Waals surface area (Å²) in [4.78, 5) is 24.5. The molecule has 7 heteroatoms. The molecule has 0 bridgehead atoms. The monoisotopic (exact) mass is 479 g/mol. The highest BCUT2D eigenvalue weighted by molar-refractivity contribution is 9.10. The van der Waals surface area contributed by atoms with Gasteiger partial charge >= 0.3 is 0 Å². The van der Waals surface area contributed by atoms with E-state index in [0.29, 0.717) is 12.3 Å². The van der Waals surface area contributed by atoms with Gasteiger partial charge in [0, 0.05) is 4.47 Å². The fraction of sp³-hybridized carbons (Fsp3) is 0.125. The molecule has 3 aromatic rings. The number of anilines is 1. The van der Waals surface area contributed by atoms with Crippen LogP contribution in [0.2, 0.25) is 0 Å². The number of ether oxygens (including phenoxy) is 1. The quantitative estimate of drug-likeness (QED) is 0.277. The van der Waals surface area contributed by atoms with Crippen LogP contribution in [0.1, 0.15) is 18.1 Å². The van der Waals surface area contributed by atoms with Crippen molar-refractivity contribution in [2.75, 3.05) is 5.32 Å². The Labute approximate surface area is 189 Å². The van der Waals surface area contributed by atoms with Crippen LogP contribution in [0.5, 0.6) is 5.75 Å². The van der Waals surface area contributed by atoms with Gasteiger partial charge in [-0.3, -0.25) is 9.59 Å². The van der Waals surface area contributed by atoms with Crippen molar-refractivity contribution in [3.8, 4) is 5.75 Å². The molecule has 0 aliphatic carbocycles. The molecule has 2 amide bonds. The van der Waals surface area contributed by atoms with E-state index in [-0.39, 0.29) is 0 Å². The second-order valence-electron chi connectivity index (χ2n) is 6.77. The topological polar surface area (TPSA) is 79.8 Å². The molecule has 31 heavy (non-hydrogen) atoms. The highest BCUT2D eigenvalue weighted by atomic mass is 79.9. The lowest BCUT2D eigenvalue weighted by molar-refractivity contribution is -0.131. The Balaban J connectivity index is 1.47. The first kappa shape index (κ1) is 22.2. The second kappa shape index (κ2) is 11.1. The molecule has 0 aliphatic rings. The Morgan fingerprint density at radius 1 is 0.968 bits per heavy atom. The first-order chi connectivity index (χ1) is 15.0. The van der Waals surface area contributed by atoms with Gasteiger partial charge in [0.15, 0.2) is 0 Å². The van der Waals surface area contributed by atoms with E-state index in [0.717, 1.165) is 21.3 Å². The molecule has 0 fully saturated rings. The lowest BCUT2D eigenvalue weighted by atomic mass is 10.1. The van der Waals surface area contributed by atoms with Gasteiger partial charge in [-0.2, -0.15) is 5.10 Å². The maximum atomic E-state index is 12.3. The van der Waals surface area contributed by atoms with Crippen molar-refractivity contribution < 1.29 is 14.3 Å². The second-order valence-corrected chi connectivity index (χ2v) is 7.62. The van der Waals surface area contributed by atoms with E-state index < -0.39 is 17.7 Å². The Morgan fingerprint density at radius 2 is 1.65 bits per heavy atom. The molecular formula is C24H22BrN3O3. The van der Waals surface area contributed by atoms with E-state index in [1.165, 1.54) is 13.1 Å². The van der Waals surface area contributed by atoms with Gasteiger partial charge in [-0.1, -0.05) is 42.5 Å². The van der Waals surface area contributed by atoms with E-state index in [2.05, 4.69) is 31.8 Å². The molecule has 0 saturated heterocycles. The van der Waals surface area contributed by atoms with Gasteiger partial charge in [0.1, 0.15) is 18.3 Å². The third-order valence-corrected chi connectivity index (χ3v) is 5.13. The standard InChI is InChI=1S/C24H22BrN3O3/c1-17(23(29)27-22-10-6-5-9-21(22)25)24(30)28-26-15-18-11-13-20(14-12-18)31-16-19-7-3-2-4-8-19/h2-15,17H,16H2,1H3,(H,27,29)(H,28,30). The Bertz CT molecular complexity index is 1050. The molecular weight excluding hydrogens is 458 g/mol. The van der Waals surface area contributed by atoms with E-state index in [4.69, 9.17) is 4.74 Å². The summed E-state index contributed by atoms with van der Waals surface area (Å²) in [6.45, 7) is 2.01. The minimum absolute atomic E-state index is 0.417. The Kier molecular flexibility index (Phi) is 7.95. The zero-order chi connectivity index (χ0) is 22.1. The molecule has 3 rings (SSSR count). The van der Waals surface area contributed by atoms with Gasteiger partial charge in [-0.15, -0.1) is 0 Å². The summed E-state index contributed by atoms with van der Waals surface area (Å²) < 4.78 is 6.48. The summed E-state index contributed by atoms with van der Waals surface area (Å²) in [5, 5.41) is 6.65. The van der Waals surface area contributed by atoms with Gasteiger partial charge < -0.3 is 10.1 Å². The van der Waals surface area contributed by atoms with Crippen molar-refractivity contribution in [2.24, 2.45) is 11.0 Å². The Morgan fingerprint density at radius 3 is 2.35 bits per heavy atom. The molecule has 0 radical (unpaired) electrons. The summed E-state index contributed by atoms with van der Waals surface area (Å²) in [6, 6.07) is 24.4. The van der Waals surface area contributed by atoms with Gasteiger partial charge in [-0.05, 0) is 70.4 Å². The Hall–Kier alpha value is -3.45. The highest BCUT2D eigenvalue weighted by Crippen LogP contribution is 2.21. The van der Waals surface area contributed by atoms with Crippen molar-refractivity contribution in [2.45, 2.75) is 13.5 Å². The van der Waals surface area contributed by atoms with Crippen molar-refractivity contribution in [3.05, 3.63) is 94.5 Å². The van der Waals surface area contributed by atoms with Crippen LogP contribution in [0.3, 0.4) is 0 Å². The van der Waals surface area contributed by atoms with E-state index in [9.17, 15) is 9.59 Å². The molecule has 0 saturated carbocycles. The molecule has 0 spiro atoms. The maximum absolute atomic E-state index is 12.3. The molecule has 1 unspecified atom stereocenters. The lowest BCUT2D eigenvalue weighted by Gasteiger charge is -2.11. The third kappa shape index (κ3) is 6.79. The zero-order valence-corrected chi connectivity index (χ0v) is 18.5. The summed E-state index contributed by atoms with van der Waals surface area (Å²) >= 11 is 3.36. The predicted octanol–water partition coefficient (Wildman–Crippen LogP) is 4.75. The van der Waals surface area contributed by atoms with Crippen molar-refractivity contribution >= 4 is 39.6 Å². The number of hydrazone groups is 1. The molecule has 3 aromatic carbocycles. The van der Waals surface area contributed by atoms with Crippen LogP contribution in [0, 0.1) is 5.92 Å². The average molecular weight is 480 g/mol. The molecule has 158 valence electrons. The van der Waals surface area contributed by atoms with Gasteiger partial charge in [0.25, 0.3) is 5.91 Å². The molecule has 6 nitrogen and oxygen atoms in total. The molecule has 1 atom stereocenters. The smallest absolute Gasteiger partial charge is 0.252 e. The van der Waals surface area contributed by atoms with E-state index in [1.807, 2.05) is 66.7 Å². The van der Waals surface area contributed by atoms with Crippen molar-refractivity contribution in [1.29, 1.82) is 0 Å². The van der Waals surface area contributed by atoms with Gasteiger partial charge in [-0.25, -0.2) is 5.43 Å². The minimum atomic E-state index is -0.905. The summed E-state index contributed by atoms with van der Waals surface area (Å²) in [5.74, 6) is -1.08. The van der Waals surface area contributed by atoms with Crippen LogP contribution < -0.4 is 15.5 Å². The number of rotatable bonds is 8.